The molecule has 3 rings (SSSR count). The number of ether oxygens (including phenoxy) is 2. The monoisotopic (exact) mass is 306 g/mol. The number of nitrogens with zero attached hydrogens (tertiary/aromatic N) is 1. The average Bonchev–Trinajstić information content (AvgIpc) is 2.54. The maximum Gasteiger partial charge on any atom is 0.139 e. The Morgan fingerprint density at radius 1 is 1.33 bits per heavy atom. The molecule has 0 radical (unpaired) electrons. The van der Waals surface area contributed by atoms with Gasteiger partial charge in [0, 0.05) is 45.1 Å². The molecule has 0 unspecified atom stereocenters. The molecule has 21 heavy (non-hydrogen) atoms. The summed E-state index contributed by atoms with van der Waals surface area (Å²) >= 11 is 6.25. The van der Waals surface area contributed by atoms with Crippen LogP contribution in [0.15, 0.2) is 30.3 Å². The molecule has 112 valence electrons. The quantitative estimate of drug-likeness (QED) is 0.878. The van der Waals surface area contributed by atoms with Gasteiger partial charge in [0.25, 0.3) is 0 Å². The molecule has 1 aromatic heterocycles. The van der Waals surface area contributed by atoms with Gasteiger partial charge in [-0.05, 0) is 11.5 Å². The highest BCUT2D eigenvalue weighted by Crippen LogP contribution is 2.27. The van der Waals surface area contributed by atoms with Crippen molar-refractivity contribution in [2.24, 2.45) is 0 Å². The molecule has 0 aliphatic carbocycles. The lowest BCUT2D eigenvalue weighted by atomic mass is 9.94. The Labute approximate surface area is 129 Å². The zero-order valence-corrected chi connectivity index (χ0v) is 12.8. The zero-order chi connectivity index (χ0) is 14.7. The van der Waals surface area contributed by atoms with Crippen LogP contribution in [0.3, 0.4) is 0 Å². The number of aromatic nitrogens is 1. The summed E-state index contributed by atoms with van der Waals surface area (Å²) in [5, 5.41) is 5.94. The molecule has 1 N–H and O–H groups in total. The second-order valence-electron chi connectivity index (χ2n) is 5.37. The molecule has 0 spiro atoms. The Morgan fingerprint density at radius 3 is 2.86 bits per heavy atom. The Balaban J connectivity index is 1.78. The minimum atomic E-state index is -0.182. The summed E-state index contributed by atoms with van der Waals surface area (Å²) in [5.74, 6) is 0.779. The molecule has 0 atom stereocenters. The molecule has 0 bridgehead atoms. The van der Waals surface area contributed by atoms with Crippen LogP contribution in [0.4, 0.5) is 5.82 Å². The van der Waals surface area contributed by atoms with Crippen molar-refractivity contribution in [1.82, 2.24) is 4.98 Å². The Bertz CT molecular complexity index is 627. The maximum absolute atomic E-state index is 6.25. The molecule has 1 aromatic carbocycles. The number of halogens is 1. The van der Waals surface area contributed by atoms with Crippen molar-refractivity contribution in [3.63, 3.8) is 0 Å². The summed E-state index contributed by atoms with van der Waals surface area (Å²) < 4.78 is 11.1. The first-order valence-corrected chi connectivity index (χ1v) is 7.52. The molecule has 1 fully saturated rings. The highest BCUT2D eigenvalue weighted by Gasteiger charge is 2.32. The molecule has 4 nitrogen and oxygen atoms in total. The number of methoxy groups -OCH3 is 1. The van der Waals surface area contributed by atoms with Crippen molar-refractivity contribution >= 4 is 28.2 Å². The first kappa shape index (κ1) is 14.6. The van der Waals surface area contributed by atoms with Gasteiger partial charge in [-0.15, -0.1) is 0 Å². The lowest BCUT2D eigenvalue weighted by Gasteiger charge is -2.36. The smallest absolute Gasteiger partial charge is 0.139 e. The number of rotatable bonds is 4. The highest BCUT2D eigenvalue weighted by molar-refractivity contribution is 6.34. The van der Waals surface area contributed by atoms with Gasteiger partial charge in [0.1, 0.15) is 11.0 Å². The van der Waals surface area contributed by atoms with E-state index < -0.39 is 0 Å². The molecule has 1 saturated heterocycles. The van der Waals surface area contributed by atoms with Crippen LogP contribution >= 0.6 is 11.6 Å². The summed E-state index contributed by atoms with van der Waals surface area (Å²) in [7, 11) is 1.76. The lowest BCUT2D eigenvalue weighted by Crippen LogP contribution is -2.44. The SMILES string of the molecule is COC1(CNc2cc3ccccc3c(Cl)n2)CCOCC1. The first-order chi connectivity index (χ1) is 10.2. The summed E-state index contributed by atoms with van der Waals surface area (Å²) in [6, 6.07) is 9.99. The predicted molar refractivity (Wildman–Crippen MR) is 85.0 cm³/mol. The molecular formula is C16H19ClN2O2. The van der Waals surface area contributed by atoms with Crippen LogP contribution in [0.1, 0.15) is 12.8 Å². The van der Waals surface area contributed by atoms with Crippen LogP contribution in [-0.4, -0.2) is 37.5 Å². The lowest BCUT2D eigenvalue weighted by molar-refractivity contribution is -0.0807. The largest absolute Gasteiger partial charge is 0.381 e. The fourth-order valence-corrected chi connectivity index (χ4v) is 2.96. The summed E-state index contributed by atoms with van der Waals surface area (Å²) in [6.45, 7) is 2.18. The zero-order valence-electron chi connectivity index (χ0n) is 12.1. The van der Waals surface area contributed by atoms with Crippen molar-refractivity contribution in [3.05, 3.63) is 35.5 Å². The van der Waals surface area contributed by atoms with Crippen LogP contribution in [0, 0.1) is 0 Å². The number of hydrogen-bond donors (Lipinski definition) is 1. The summed E-state index contributed by atoms with van der Waals surface area (Å²) in [4.78, 5) is 4.42. The summed E-state index contributed by atoms with van der Waals surface area (Å²) in [5.41, 5.74) is -0.182. The standard InChI is InChI=1S/C16H19ClN2O2/c1-20-16(6-8-21-9-7-16)11-18-14-10-12-4-2-3-5-13(12)15(17)19-14/h2-5,10H,6-9,11H2,1H3,(H,18,19). The molecule has 5 heteroatoms. The number of benzene rings is 1. The van der Waals surface area contributed by atoms with Crippen LogP contribution < -0.4 is 5.32 Å². The summed E-state index contributed by atoms with van der Waals surface area (Å²) in [6.07, 6.45) is 1.77. The van der Waals surface area contributed by atoms with Crippen molar-refractivity contribution in [3.8, 4) is 0 Å². The van der Waals surface area contributed by atoms with Gasteiger partial charge in [0.15, 0.2) is 0 Å². The molecular weight excluding hydrogens is 288 g/mol. The van der Waals surface area contributed by atoms with E-state index >= 15 is 0 Å². The minimum absolute atomic E-state index is 0.182. The fraction of sp³-hybridized carbons (Fsp3) is 0.438. The fourth-order valence-electron chi connectivity index (χ4n) is 2.69. The average molecular weight is 307 g/mol. The van der Waals surface area contributed by atoms with E-state index in [2.05, 4.69) is 10.3 Å². The third kappa shape index (κ3) is 3.12. The third-order valence-electron chi connectivity index (χ3n) is 4.12. The molecule has 1 aliphatic heterocycles. The van der Waals surface area contributed by atoms with Crippen LogP contribution in [0.5, 0.6) is 0 Å². The van der Waals surface area contributed by atoms with E-state index in [0.29, 0.717) is 11.7 Å². The van der Waals surface area contributed by atoms with Crippen molar-refractivity contribution in [1.29, 1.82) is 0 Å². The second-order valence-corrected chi connectivity index (χ2v) is 5.73. The molecule has 0 amide bonds. The second kappa shape index (κ2) is 6.18. The van der Waals surface area contributed by atoms with Gasteiger partial charge in [0.2, 0.25) is 0 Å². The molecule has 2 heterocycles. The Morgan fingerprint density at radius 2 is 2.10 bits per heavy atom. The number of fused-ring (bicyclic) bond motifs is 1. The molecule has 2 aromatic rings. The predicted octanol–water partition coefficient (Wildman–Crippen LogP) is 3.50. The van der Waals surface area contributed by atoms with E-state index in [-0.39, 0.29) is 5.60 Å². The van der Waals surface area contributed by atoms with Crippen LogP contribution in [0.25, 0.3) is 10.8 Å². The van der Waals surface area contributed by atoms with E-state index in [9.17, 15) is 0 Å². The van der Waals surface area contributed by atoms with Gasteiger partial charge >= 0.3 is 0 Å². The van der Waals surface area contributed by atoms with Gasteiger partial charge in [-0.2, -0.15) is 0 Å². The van der Waals surface area contributed by atoms with Crippen molar-refractivity contribution in [2.45, 2.75) is 18.4 Å². The Kier molecular flexibility index (Phi) is 4.29. The van der Waals surface area contributed by atoms with E-state index in [1.165, 1.54) is 0 Å². The van der Waals surface area contributed by atoms with Crippen molar-refractivity contribution < 1.29 is 9.47 Å². The first-order valence-electron chi connectivity index (χ1n) is 7.14. The van der Waals surface area contributed by atoms with Crippen molar-refractivity contribution in [2.75, 3.05) is 32.2 Å². The topological polar surface area (TPSA) is 43.4 Å². The van der Waals surface area contributed by atoms with Gasteiger partial charge in [-0.25, -0.2) is 4.98 Å². The van der Waals surface area contributed by atoms with Crippen LogP contribution in [-0.2, 0) is 9.47 Å². The van der Waals surface area contributed by atoms with Gasteiger partial charge in [0.05, 0.1) is 5.60 Å². The third-order valence-corrected chi connectivity index (χ3v) is 4.41. The Hall–Kier alpha value is -1.36. The number of pyridine rings is 1. The highest BCUT2D eigenvalue weighted by atomic mass is 35.5. The van der Waals surface area contributed by atoms with Gasteiger partial charge in [-0.1, -0.05) is 35.9 Å². The number of anilines is 1. The molecule has 0 saturated carbocycles. The van der Waals surface area contributed by atoms with E-state index in [4.69, 9.17) is 21.1 Å². The van der Waals surface area contributed by atoms with Gasteiger partial charge in [-0.3, -0.25) is 0 Å². The van der Waals surface area contributed by atoms with E-state index in [1.54, 1.807) is 7.11 Å². The van der Waals surface area contributed by atoms with E-state index in [0.717, 1.165) is 42.6 Å². The normalized spacial score (nSPS) is 17.8. The maximum atomic E-state index is 6.25. The van der Waals surface area contributed by atoms with Gasteiger partial charge < -0.3 is 14.8 Å². The van der Waals surface area contributed by atoms with E-state index in [1.807, 2.05) is 30.3 Å². The molecule has 1 aliphatic rings. The number of nitrogens with one attached hydrogen (secondary N) is 1. The number of hydrogen-bond acceptors (Lipinski definition) is 4. The van der Waals surface area contributed by atoms with Crippen LogP contribution in [0.2, 0.25) is 5.15 Å². The minimum Gasteiger partial charge on any atom is -0.381 e.